The SMILES string of the molecule is O=C(COc1ccc(C(=O)c2ccccc2)cc1)NCc1ccc(N2CCOCC2)nc1. The van der Waals surface area contributed by atoms with Crippen LogP contribution in [0.1, 0.15) is 21.5 Å². The van der Waals surface area contributed by atoms with E-state index in [9.17, 15) is 9.59 Å². The van der Waals surface area contributed by atoms with E-state index >= 15 is 0 Å². The van der Waals surface area contributed by atoms with Crippen LogP contribution < -0.4 is 15.0 Å². The molecular weight excluding hydrogens is 406 g/mol. The van der Waals surface area contributed by atoms with Gasteiger partial charge in [0.2, 0.25) is 0 Å². The highest BCUT2D eigenvalue weighted by molar-refractivity contribution is 6.08. The molecule has 32 heavy (non-hydrogen) atoms. The fraction of sp³-hybridized carbons (Fsp3) is 0.240. The number of benzene rings is 2. The number of amides is 1. The van der Waals surface area contributed by atoms with Crippen molar-refractivity contribution in [3.05, 3.63) is 89.6 Å². The van der Waals surface area contributed by atoms with Gasteiger partial charge in [-0.05, 0) is 35.9 Å². The number of morpholine rings is 1. The van der Waals surface area contributed by atoms with Gasteiger partial charge in [0.05, 0.1) is 13.2 Å². The van der Waals surface area contributed by atoms with Crippen molar-refractivity contribution in [3.63, 3.8) is 0 Å². The Labute approximate surface area is 187 Å². The highest BCUT2D eigenvalue weighted by Crippen LogP contribution is 2.16. The molecule has 0 atom stereocenters. The summed E-state index contributed by atoms with van der Waals surface area (Å²) in [5, 5.41) is 2.83. The van der Waals surface area contributed by atoms with Crippen molar-refractivity contribution in [3.8, 4) is 5.75 Å². The van der Waals surface area contributed by atoms with E-state index < -0.39 is 0 Å². The minimum absolute atomic E-state index is 0.0526. The standard InChI is InChI=1S/C25H25N3O4/c29-24(27-17-19-6-11-23(26-16-19)28-12-14-31-15-13-28)18-32-22-9-7-21(8-10-22)25(30)20-4-2-1-3-5-20/h1-11,16H,12-15,17-18H2,(H,27,29). The second-order valence-corrected chi connectivity index (χ2v) is 7.41. The fourth-order valence-electron chi connectivity index (χ4n) is 3.36. The van der Waals surface area contributed by atoms with Crippen molar-refractivity contribution in [1.29, 1.82) is 0 Å². The average Bonchev–Trinajstić information content (AvgIpc) is 2.87. The van der Waals surface area contributed by atoms with Crippen LogP contribution in [0.3, 0.4) is 0 Å². The van der Waals surface area contributed by atoms with E-state index in [0.717, 1.165) is 24.5 Å². The number of rotatable bonds is 8. The lowest BCUT2D eigenvalue weighted by Gasteiger charge is -2.27. The normalized spacial score (nSPS) is 13.4. The Morgan fingerprint density at radius 3 is 2.34 bits per heavy atom. The Hall–Kier alpha value is -3.71. The summed E-state index contributed by atoms with van der Waals surface area (Å²) in [4.78, 5) is 31.2. The quantitative estimate of drug-likeness (QED) is 0.553. The summed E-state index contributed by atoms with van der Waals surface area (Å²) in [6, 6.07) is 19.8. The Bertz CT molecular complexity index is 1030. The van der Waals surface area contributed by atoms with Crippen molar-refractivity contribution >= 4 is 17.5 Å². The summed E-state index contributed by atoms with van der Waals surface area (Å²) in [6.07, 6.45) is 1.77. The van der Waals surface area contributed by atoms with Gasteiger partial charge in [0.15, 0.2) is 12.4 Å². The van der Waals surface area contributed by atoms with E-state index in [2.05, 4.69) is 15.2 Å². The zero-order valence-electron chi connectivity index (χ0n) is 17.7. The number of hydrogen-bond acceptors (Lipinski definition) is 6. The summed E-state index contributed by atoms with van der Waals surface area (Å²) in [6.45, 7) is 3.37. The predicted octanol–water partition coefficient (Wildman–Crippen LogP) is 2.84. The number of nitrogens with one attached hydrogen (secondary N) is 1. The van der Waals surface area contributed by atoms with Crippen LogP contribution in [0.2, 0.25) is 0 Å². The molecule has 1 fully saturated rings. The highest BCUT2D eigenvalue weighted by atomic mass is 16.5. The van der Waals surface area contributed by atoms with E-state index in [4.69, 9.17) is 9.47 Å². The summed E-state index contributed by atoms with van der Waals surface area (Å²) in [5.74, 6) is 1.16. The summed E-state index contributed by atoms with van der Waals surface area (Å²) < 4.78 is 10.9. The van der Waals surface area contributed by atoms with E-state index in [1.807, 2.05) is 30.3 Å². The highest BCUT2D eigenvalue weighted by Gasteiger charge is 2.12. The zero-order valence-corrected chi connectivity index (χ0v) is 17.7. The minimum Gasteiger partial charge on any atom is -0.484 e. The zero-order chi connectivity index (χ0) is 22.2. The molecule has 4 rings (SSSR count). The van der Waals surface area contributed by atoms with E-state index in [1.165, 1.54) is 0 Å². The van der Waals surface area contributed by atoms with Gasteiger partial charge in [0.1, 0.15) is 11.6 Å². The molecule has 0 radical (unpaired) electrons. The lowest BCUT2D eigenvalue weighted by Crippen LogP contribution is -2.36. The van der Waals surface area contributed by atoms with Gasteiger partial charge in [-0.1, -0.05) is 36.4 Å². The average molecular weight is 431 g/mol. The summed E-state index contributed by atoms with van der Waals surface area (Å²) >= 11 is 0. The van der Waals surface area contributed by atoms with Crippen LogP contribution in [0, 0.1) is 0 Å². The monoisotopic (exact) mass is 431 g/mol. The van der Waals surface area contributed by atoms with Crippen molar-refractivity contribution in [1.82, 2.24) is 10.3 Å². The van der Waals surface area contributed by atoms with Gasteiger partial charge in [0.25, 0.3) is 5.91 Å². The van der Waals surface area contributed by atoms with Gasteiger partial charge in [-0.2, -0.15) is 0 Å². The fourth-order valence-corrected chi connectivity index (χ4v) is 3.36. The predicted molar refractivity (Wildman–Crippen MR) is 121 cm³/mol. The first-order chi connectivity index (χ1) is 15.7. The largest absolute Gasteiger partial charge is 0.484 e. The first kappa shape index (κ1) is 21.5. The minimum atomic E-state index is -0.230. The smallest absolute Gasteiger partial charge is 0.258 e. The Morgan fingerprint density at radius 1 is 0.938 bits per heavy atom. The number of carbonyl (C=O) groups excluding carboxylic acids is 2. The van der Waals surface area contributed by atoms with Crippen molar-refractivity contribution in [2.45, 2.75) is 6.54 Å². The summed E-state index contributed by atoms with van der Waals surface area (Å²) in [7, 11) is 0. The van der Waals surface area contributed by atoms with Crippen molar-refractivity contribution in [2.24, 2.45) is 0 Å². The van der Waals surface area contributed by atoms with Crippen LogP contribution in [-0.2, 0) is 16.1 Å². The molecule has 1 saturated heterocycles. The Morgan fingerprint density at radius 2 is 1.66 bits per heavy atom. The molecule has 2 aromatic carbocycles. The molecule has 0 unspecified atom stereocenters. The molecule has 0 aliphatic carbocycles. The molecule has 7 nitrogen and oxygen atoms in total. The lowest BCUT2D eigenvalue weighted by molar-refractivity contribution is -0.123. The van der Waals surface area contributed by atoms with Gasteiger partial charge in [-0.15, -0.1) is 0 Å². The van der Waals surface area contributed by atoms with Crippen LogP contribution in [-0.4, -0.2) is 49.6 Å². The molecule has 0 spiro atoms. The van der Waals surface area contributed by atoms with Crippen LogP contribution in [0.15, 0.2) is 72.9 Å². The Balaban J connectivity index is 1.22. The number of carbonyl (C=O) groups is 2. The molecule has 1 amide bonds. The molecule has 7 heteroatoms. The van der Waals surface area contributed by atoms with Gasteiger partial charge < -0.3 is 19.7 Å². The maximum absolute atomic E-state index is 12.4. The third-order valence-electron chi connectivity index (χ3n) is 5.16. The number of hydrogen-bond donors (Lipinski definition) is 1. The van der Waals surface area contributed by atoms with Gasteiger partial charge in [-0.3, -0.25) is 9.59 Å². The van der Waals surface area contributed by atoms with Crippen molar-refractivity contribution in [2.75, 3.05) is 37.8 Å². The molecule has 164 valence electrons. The van der Waals surface area contributed by atoms with Crippen LogP contribution in [0.25, 0.3) is 0 Å². The van der Waals surface area contributed by atoms with Gasteiger partial charge >= 0.3 is 0 Å². The van der Waals surface area contributed by atoms with Crippen molar-refractivity contribution < 1.29 is 19.1 Å². The van der Waals surface area contributed by atoms with E-state index in [1.54, 1.807) is 42.6 Å². The molecule has 1 N–H and O–H groups in total. The molecule has 1 aromatic heterocycles. The second kappa shape index (κ2) is 10.5. The number of pyridine rings is 1. The summed E-state index contributed by atoms with van der Waals surface area (Å²) in [5.41, 5.74) is 2.12. The van der Waals surface area contributed by atoms with Gasteiger partial charge in [0, 0.05) is 37.0 Å². The first-order valence-corrected chi connectivity index (χ1v) is 10.6. The Kier molecular flexibility index (Phi) is 7.09. The number of ether oxygens (including phenoxy) is 2. The van der Waals surface area contributed by atoms with Crippen LogP contribution in [0.4, 0.5) is 5.82 Å². The van der Waals surface area contributed by atoms with Crippen LogP contribution in [0.5, 0.6) is 5.75 Å². The maximum Gasteiger partial charge on any atom is 0.258 e. The molecule has 1 aliphatic heterocycles. The molecule has 2 heterocycles. The number of ketones is 1. The number of aromatic nitrogens is 1. The third kappa shape index (κ3) is 5.70. The molecule has 1 aliphatic rings. The maximum atomic E-state index is 12.4. The topological polar surface area (TPSA) is 80.8 Å². The third-order valence-corrected chi connectivity index (χ3v) is 5.16. The molecule has 0 saturated carbocycles. The van der Waals surface area contributed by atoms with Crippen LogP contribution >= 0.6 is 0 Å². The van der Waals surface area contributed by atoms with Gasteiger partial charge in [-0.25, -0.2) is 4.98 Å². The molecule has 3 aromatic rings. The molecule has 0 bridgehead atoms. The van der Waals surface area contributed by atoms with E-state index in [0.29, 0.717) is 36.6 Å². The second-order valence-electron chi connectivity index (χ2n) is 7.41. The first-order valence-electron chi connectivity index (χ1n) is 10.6. The lowest BCUT2D eigenvalue weighted by atomic mass is 10.0. The number of anilines is 1. The number of nitrogens with zero attached hydrogens (tertiary/aromatic N) is 2. The molecular formula is C25H25N3O4. The van der Waals surface area contributed by atoms with E-state index in [-0.39, 0.29) is 18.3 Å².